The molecule has 3 aromatic rings. The molecule has 2 N–H and O–H groups in total. The van der Waals surface area contributed by atoms with Gasteiger partial charge in [0.15, 0.2) is 0 Å². The van der Waals surface area contributed by atoms with Gasteiger partial charge in [-0.1, -0.05) is 6.07 Å². The third kappa shape index (κ3) is 6.66. The van der Waals surface area contributed by atoms with Gasteiger partial charge < -0.3 is 24.8 Å². The zero-order chi connectivity index (χ0) is 23.8. The van der Waals surface area contributed by atoms with Crippen LogP contribution in [0, 0.1) is 0 Å². The maximum Gasteiger partial charge on any atom is 0.255 e. The van der Waals surface area contributed by atoms with E-state index in [1.807, 2.05) is 19.1 Å². The molecule has 0 aliphatic rings. The second kappa shape index (κ2) is 11.3. The first kappa shape index (κ1) is 24.0. The molecule has 0 saturated carbocycles. The Balaban J connectivity index is 1.58. The minimum atomic E-state index is -0.348. The highest BCUT2D eigenvalue weighted by molar-refractivity contribution is 8.00. The molecule has 0 bridgehead atoms. The van der Waals surface area contributed by atoms with Gasteiger partial charge in [-0.25, -0.2) is 0 Å². The number of ether oxygens (including phenoxy) is 3. The number of rotatable bonds is 9. The van der Waals surface area contributed by atoms with Crippen molar-refractivity contribution in [3.8, 4) is 17.2 Å². The maximum absolute atomic E-state index is 12.7. The Morgan fingerprint density at radius 2 is 1.39 bits per heavy atom. The van der Waals surface area contributed by atoms with Crippen LogP contribution in [-0.2, 0) is 4.79 Å². The molecule has 1 atom stereocenters. The predicted molar refractivity (Wildman–Crippen MR) is 131 cm³/mol. The molecule has 0 aliphatic carbocycles. The minimum Gasteiger partial charge on any atom is -0.497 e. The minimum absolute atomic E-state index is 0.147. The fourth-order valence-corrected chi connectivity index (χ4v) is 3.83. The fourth-order valence-electron chi connectivity index (χ4n) is 2.97. The monoisotopic (exact) mass is 466 g/mol. The molecular weight excluding hydrogens is 440 g/mol. The van der Waals surface area contributed by atoms with Crippen LogP contribution in [0.4, 0.5) is 11.4 Å². The molecule has 0 heterocycles. The highest BCUT2D eigenvalue weighted by atomic mass is 32.2. The summed E-state index contributed by atoms with van der Waals surface area (Å²) in [6, 6.07) is 19.5. The van der Waals surface area contributed by atoms with E-state index in [4.69, 9.17) is 14.2 Å². The summed E-state index contributed by atoms with van der Waals surface area (Å²) in [5, 5.41) is 5.40. The summed E-state index contributed by atoms with van der Waals surface area (Å²) in [7, 11) is 4.67. The molecule has 0 radical (unpaired) electrons. The predicted octanol–water partition coefficient (Wildman–Crippen LogP) is 5.08. The zero-order valence-electron chi connectivity index (χ0n) is 18.9. The Morgan fingerprint density at radius 1 is 0.758 bits per heavy atom. The van der Waals surface area contributed by atoms with E-state index in [1.54, 1.807) is 75.9 Å². The number of carbonyl (C=O) groups excluding carboxylic acids is 2. The lowest BCUT2D eigenvalue weighted by Gasteiger charge is -2.14. The largest absolute Gasteiger partial charge is 0.497 e. The van der Waals surface area contributed by atoms with Crippen molar-refractivity contribution in [2.45, 2.75) is 17.1 Å². The molecule has 0 saturated heterocycles. The van der Waals surface area contributed by atoms with Gasteiger partial charge in [0.25, 0.3) is 5.91 Å². The first-order chi connectivity index (χ1) is 15.9. The van der Waals surface area contributed by atoms with Crippen LogP contribution < -0.4 is 24.8 Å². The number of thioether (sulfide) groups is 1. The van der Waals surface area contributed by atoms with Gasteiger partial charge in [0.2, 0.25) is 5.91 Å². The van der Waals surface area contributed by atoms with E-state index in [-0.39, 0.29) is 17.1 Å². The summed E-state index contributed by atoms with van der Waals surface area (Å²) in [5.74, 6) is 1.43. The molecule has 8 heteroatoms. The Hall–Kier alpha value is -3.65. The fraction of sp³-hybridized carbons (Fsp3) is 0.200. The van der Waals surface area contributed by atoms with E-state index < -0.39 is 0 Å². The van der Waals surface area contributed by atoms with Crippen LogP contribution in [0.1, 0.15) is 17.3 Å². The molecule has 172 valence electrons. The van der Waals surface area contributed by atoms with Gasteiger partial charge in [-0.15, -0.1) is 11.8 Å². The summed E-state index contributed by atoms with van der Waals surface area (Å²) < 4.78 is 15.6. The summed E-state index contributed by atoms with van der Waals surface area (Å²) in [5.41, 5.74) is 1.76. The first-order valence-corrected chi connectivity index (χ1v) is 11.1. The molecule has 3 aromatic carbocycles. The number of carbonyl (C=O) groups is 2. The van der Waals surface area contributed by atoms with Crippen molar-refractivity contribution < 1.29 is 23.8 Å². The van der Waals surface area contributed by atoms with E-state index in [1.165, 1.54) is 11.8 Å². The summed E-state index contributed by atoms with van der Waals surface area (Å²) in [4.78, 5) is 26.0. The third-order valence-electron chi connectivity index (χ3n) is 4.75. The number of benzene rings is 3. The van der Waals surface area contributed by atoms with Crippen LogP contribution in [-0.4, -0.2) is 38.4 Å². The van der Waals surface area contributed by atoms with Crippen LogP contribution in [0.2, 0.25) is 0 Å². The van der Waals surface area contributed by atoms with E-state index in [9.17, 15) is 9.59 Å². The number of amides is 2. The van der Waals surface area contributed by atoms with Crippen LogP contribution in [0.5, 0.6) is 17.2 Å². The SMILES string of the molecule is COc1cc(NC(=O)C(C)Sc2ccc(NC(=O)c3cccc(OC)c3)cc2)cc(OC)c1. The average molecular weight is 467 g/mol. The number of anilines is 2. The smallest absolute Gasteiger partial charge is 0.255 e. The molecule has 0 aliphatic heterocycles. The van der Waals surface area contributed by atoms with Crippen LogP contribution in [0.25, 0.3) is 0 Å². The summed E-state index contributed by atoms with van der Waals surface area (Å²) in [6.07, 6.45) is 0. The standard InChI is InChI=1S/C25H26N2O5S/c1-16(24(28)27-19-13-21(31-3)15-22(14-19)32-4)33-23-10-8-18(9-11-23)26-25(29)17-6-5-7-20(12-17)30-2/h5-16H,1-4H3,(H,26,29)(H,27,28). The second-order valence-electron chi connectivity index (χ2n) is 7.06. The first-order valence-electron chi connectivity index (χ1n) is 10.2. The number of nitrogens with one attached hydrogen (secondary N) is 2. The Kier molecular flexibility index (Phi) is 8.21. The molecule has 1 unspecified atom stereocenters. The van der Waals surface area contributed by atoms with Crippen molar-refractivity contribution in [2.24, 2.45) is 0 Å². The highest BCUT2D eigenvalue weighted by Gasteiger charge is 2.16. The van der Waals surface area contributed by atoms with Gasteiger partial charge in [-0.05, 0) is 49.4 Å². The second-order valence-corrected chi connectivity index (χ2v) is 8.48. The van der Waals surface area contributed by atoms with Crippen LogP contribution in [0.15, 0.2) is 71.6 Å². The van der Waals surface area contributed by atoms with Gasteiger partial charge in [0.1, 0.15) is 17.2 Å². The Bertz CT molecular complexity index is 1100. The summed E-state index contributed by atoms with van der Waals surface area (Å²) in [6.45, 7) is 1.83. The van der Waals surface area contributed by atoms with Crippen molar-refractivity contribution in [3.05, 3.63) is 72.3 Å². The number of hydrogen-bond donors (Lipinski definition) is 2. The lowest BCUT2D eigenvalue weighted by molar-refractivity contribution is -0.115. The van der Waals surface area contributed by atoms with E-state index in [2.05, 4.69) is 10.6 Å². The van der Waals surface area contributed by atoms with Gasteiger partial charge >= 0.3 is 0 Å². The quantitative estimate of drug-likeness (QED) is 0.428. The van der Waals surface area contributed by atoms with Crippen molar-refractivity contribution >= 4 is 35.0 Å². The normalized spacial score (nSPS) is 11.3. The summed E-state index contributed by atoms with van der Waals surface area (Å²) >= 11 is 1.42. The maximum atomic E-state index is 12.7. The molecule has 33 heavy (non-hydrogen) atoms. The van der Waals surface area contributed by atoms with Gasteiger partial charge in [-0.3, -0.25) is 9.59 Å². The molecule has 0 spiro atoms. The lowest BCUT2D eigenvalue weighted by atomic mass is 10.2. The van der Waals surface area contributed by atoms with Gasteiger partial charge in [-0.2, -0.15) is 0 Å². The molecule has 3 rings (SSSR count). The molecule has 0 fully saturated rings. The van der Waals surface area contributed by atoms with Gasteiger partial charge in [0.05, 0.1) is 26.6 Å². The molecule has 0 aromatic heterocycles. The van der Waals surface area contributed by atoms with Crippen LogP contribution in [0.3, 0.4) is 0 Å². The van der Waals surface area contributed by atoms with Crippen molar-refractivity contribution in [2.75, 3.05) is 32.0 Å². The number of methoxy groups -OCH3 is 3. The number of hydrogen-bond acceptors (Lipinski definition) is 6. The molecule has 2 amide bonds. The van der Waals surface area contributed by atoms with Crippen LogP contribution >= 0.6 is 11.8 Å². The molecule has 7 nitrogen and oxygen atoms in total. The third-order valence-corrected chi connectivity index (χ3v) is 5.86. The highest BCUT2D eigenvalue weighted by Crippen LogP contribution is 2.29. The Labute approximate surface area is 197 Å². The van der Waals surface area contributed by atoms with Crippen molar-refractivity contribution in [1.29, 1.82) is 0 Å². The van der Waals surface area contributed by atoms with Gasteiger partial charge in [0, 0.05) is 40.0 Å². The van der Waals surface area contributed by atoms with Crippen molar-refractivity contribution in [1.82, 2.24) is 0 Å². The van der Waals surface area contributed by atoms with E-state index in [0.717, 1.165) is 4.90 Å². The lowest BCUT2D eigenvalue weighted by Crippen LogP contribution is -2.22. The Morgan fingerprint density at radius 3 is 2.00 bits per heavy atom. The zero-order valence-corrected chi connectivity index (χ0v) is 19.7. The van der Waals surface area contributed by atoms with E-state index in [0.29, 0.717) is 34.2 Å². The molecular formula is C25H26N2O5S. The average Bonchev–Trinajstić information content (AvgIpc) is 2.84. The van der Waals surface area contributed by atoms with Crippen molar-refractivity contribution in [3.63, 3.8) is 0 Å². The topological polar surface area (TPSA) is 85.9 Å². The van der Waals surface area contributed by atoms with E-state index >= 15 is 0 Å².